The highest BCUT2D eigenvalue weighted by atomic mass is 16.3. The zero-order chi connectivity index (χ0) is 15.2. The molecule has 5 heteroatoms. The molecule has 1 saturated heterocycles. The number of aryl methyl sites for hydroxylation is 1. The molecule has 1 unspecified atom stereocenters. The van der Waals surface area contributed by atoms with Gasteiger partial charge in [0.1, 0.15) is 0 Å². The lowest BCUT2D eigenvalue weighted by Crippen LogP contribution is -2.39. The molecule has 116 valence electrons. The van der Waals surface area contributed by atoms with Gasteiger partial charge >= 0.3 is 6.03 Å². The first-order valence-corrected chi connectivity index (χ1v) is 7.68. The molecule has 0 aromatic heterocycles. The lowest BCUT2D eigenvalue weighted by atomic mass is 10.1. The third-order valence-electron chi connectivity index (χ3n) is 3.98. The van der Waals surface area contributed by atoms with Crippen molar-refractivity contribution in [3.8, 4) is 0 Å². The summed E-state index contributed by atoms with van der Waals surface area (Å²) in [5, 5.41) is 14.7. The van der Waals surface area contributed by atoms with Gasteiger partial charge in [0, 0.05) is 24.5 Å². The van der Waals surface area contributed by atoms with Gasteiger partial charge in [-0.05, 0) is 49.9 Å². The number of benzene rings is 1. The van der Waals surface area contributed by atoms with Crippen LogP contribution in [0.1, 0.15) is 31.7 Å². The minimum absolute atomic E-state index is 0.0448. The van der Waals surface area contributed by atoms with E-state index in [-0.39, 0.29) is 18.7 Å². The van der Waals surface area contributed by atoms with Crippen LogP contribution >= 0.6 is 0 Å². The van der Waals surface area contributed by atoms with Gasteiger partial charge in [-0.3, -0.25) is 0 Å². The van der Waals surface area contributed by atoms with E-state index in [2.05, 4.69) is 27.7 Å². The van der Waals surface area contributed by atoms with E-state index in [1.807, 2.05) is 19.9 Å². The highest BCUT2D eigenvalue weighted by Crippen LogP contribution is 2.25. The second kappa shape index (κ2) is 7.31. The Kier molecular flexibility index (Phi) is 5.44. The second-order valence-electron chi connectivity index (χ2n) is 5.58. The molecule has 0 radical (unpaired) electrons. The molecule has 1 aromatic carbocycles. The average molecular weight is 291 g/mol. The second-order valence-corrected chi connectivity index (χ2v) is 5.58. The van der Waals surface area contributed by atoms with Gasteiger partial charge in [-0.2, -0.15) is 0 Å². The summed E-state index contributed by atoms with van der Waals surface area (Å²) in [4.78, 5) is 14.3. The van der Waals surface area contributed by atoms with Gasteiger partial charge in [-0.1, -0.05) is 6.92 Å². The predicted octanol–water partition coefficient (Wildman–Crippen LogP) is 2.49. The molecule has 0 aliphatic carbocycles. The number of hydrogen-bond acceptors (Lipinski definition) is 3. The van der Waals surface area contributed by atoms with Crippen molar-refractivity contribution in [3.63, 3.8) is 0 Å². The van der Waals surface area contributed by atoms with E-state index in [0.717, 1.165) is 24.3 Å². The fourth-order valence-corrected chi connectivity index (χ4v) is 2.58. The highest BCUT2D eigenvalue weighted by Gasteiger charge is 2.14. The zero-order valence-corrected chi connectivity index (χ0v) is 12.9. The Morgan fingerprint density at radius 3 is 2.67 bits per heavy atom. The number of urea groups is 1. The van der Waals surface area contributed by atoms with Crippen molar-refractivity contribution in [2.24, 2.45) is 0 Å². The first-order chi connectivity index (χ1) is 10.1. The molecule has 5 nitrogen and oxygen atoms in total. The summed E-state index contributed by atoms with van der Waals surface area (Å²) >= 11 is 0. The summed E-state index contributed by atoms with van der Waals surface area (Å²) in [7, 11) is 0. The molecular weight excluding hydrogens is 266 g/mol. The van der Waals surface area contributed by atoms with Gasteiger partial charge in [-0.25, -0.2) is 4.79 Å². The molecule has 1 aliphatic rings. The maximum atomic E-state index is 11.9. The Labute approximate surface area is 126 Å². The van der Waals surface area contributed by atoms with Crippen LogP contribution in [-0.2, 0) is 0 Å². The van der Waals surface area contributed by atoms with E-state index < -0.39 is 0 Å². The molecule has 2 rings (SSSR count). The van der Waals surface area contributed by atoms with Crippen molar-refractivity contribution in [2.75, 3.05) is 29.9 Å². The van der Waals surface area contributed by atoms with E-state index in [4.69, 9.17) is 5.11 Å². The number of nitrogens with zero attached hydrogens (tertiary/aromatic N) is 1. The van der Waals surface area contributed by atoms with Crippen molar-refractivity contribution in [3.05, 3.63) is 23.8 Å². The molecule has 21 heavy (non-hydrogen) atoms. The fourth-order valence-electron chi connectivity index (χ4n) is 2.58. The van der Waals surface area contributed by atoms with Crippen LogP contribution in [0.2, 0.25) is 0 Å². The number of carbonyl (C=O) groups is 1. The maximum absolute atomic E-state index is 11.9. The molecule has 0 bridgehead atoms. The van der Waals surface area contributed by atoms with E-state index >= 15 is 0 Å². The number of rotatable bonds is 5. The van der Waals surface area contributed by atoms with E-state index in [1.54, 1.807) is 0 Å². The van der Waals surface area contributed by atoms with E-state index in [9.17, 15) is 4.79 Å². The van der Waals surface area contributed by atoms with Crippen LogP contribution in [0.3, 0.4) is 0 Å². The largest absolute Gasteiger partial charge is 0.394 e. The Morgan fingerprint density at radius 1 is 1.38 bits per heavy atom. The summed E-state index contributed by atoms with van der Waals surface area (Å²) in [6, 6.07) is 5.64. The highest BCUT2D eigenvalue weighted by molar-refractivity contribution is 5.90. The van der Waals surface area contributed by atoms with Crippen molar-refractivity contribution < 1.29 is 9.90 Å². The zero-order valence-electron chi connectivity index (χ0n) is 12.9. The van der Waals surface area contributed by atoms with Crippen LogP contribution in [0, 0.1) is 6.92 Å². The Bertz CT molecular complexity index is 480. The van der Waals surface area contributed by atoms with Gasteiger partial charge in [0.05, 0.1) is 12.6 Å². The molecule has 1 aromatic rings. The summed E-state index contributed by atoms with van der Waals surface area (Å²) in [5.74, 6) is 0. The maximum Gasteiger partial charge on any atom is 0.319 e. The van der Waals surface area contributed by atoms with E-state index in [1.165, 1.54) is 18.5 Å². The predicted molar refractivity (Wildman–Crippen MR) is 85.9 cm³/mol. The number of aliphatic hydroxyl groups excluding tert-OH is 1. The third kappa shape index (κ3) is 4.11. The molecule has 3 N–H and O–H groups in total. The summed E-state index contributed by atoms with van der Waals surface area (Å²) in [5.41, 5.74) is 3.08. The first kappa shape index (κ1) is 15.6. The Balaban J connectivity index is 1.98. The van der Waals surface area contributed by atoms with Crippen LogP contribution in [0.4, 0.5) is 16.2 Å². The van der Waals surface area contributed by atoms with Crippen molar-refractivity contribution >= 4 is 17.4 Å². The van der Waals surface area contributed by atoms with Crippen LogP contribution in [0.5, 0.6) is 0 Å². The van der Waals surface area contributed by atoms with Gasteiger partial charge in [0.25, 0.3) is 0 Å². The smallest absolute Gasteiger partial charge is 0.319 e. The topological polar surface area (TPSA) is 64.6 Å². The van der Waals surface area contributed by atoms with Gasteiger partial charge < -0.3 is 20.6 Å². The third-order valence-corrected chi connectivity index (χ3v) is 3.98. The molecule has 2 amide bonds. The minimum atomic E-state index is -0.270. The number of nitrogens with one attached hydrogen (secondary N) is 2. The number of hydrogen-bond donors (Lipinski definition) is 3. The molecule has 1 aliphatic heterocycles. The normalized spacial score (nSPS) is 15.9. The SMILES string of the molecule is CCC(CO)NC(=O)Nc1ccc(N2CCCC2)cc1C. The molecule has 1 atom stereocenters. The number of amides is 2. The minimum Gasteiger partial charge on any atom is -0.394 e. The average Bonchev–Trinajstić information content (AvgIpc) is 3.01. The standard InChI is InChI=1S/C16H25N3O2/c1-3-13(11-20)17-16(21)18-15-7-6-14(10-12(15)2)19-8-4-5-9-19/h6-7,10,13,20H,3-5,8-9,11H2,1-2H3,(H2,17,18,21). The van der Waals surface area contributed by atoms with Crippen molar-refractivity contribution in [1.29, 1.82) is 0 Å². The Hall–Kier alpha value is -1.75. The number of aliphatic hydroxyl groups is 1. The monoisotopic (exact) mass is 291 g/mol. The molecule has 1 heterocycles. The van der Waals surface area contributed by atoms with Crippen LogP contribution in [-0.4, -0.2) is 36.9 Å². The lowest BCUT2D eigenvalue weighted by molar-refractivity contribution is 0.222. The van der Waals surface area contributed by atoms with Crippen molar-refractivity contribution in [1.82, 2.24) is 5.32 Å². The number of anilines is 2. The van der Waals surface area contributed by atoms with Gasteiger partial charge in [0.2, 0.25) is 0 Å². The lowest BCUT2D eigenvalue weighted by Gasteiger charge is -2.20. The molecule has 1 fully saturated rings. The van der Waals surface area contributed by atoms with Gasteiger partial charge in [0.15, 0.2) is 0 Å². The van der Waals surface area contributed by atoms with Crippen molar-refractivity contribution in [2.45, 2.75) is 39.2 Å². The van der Waals surface area contributed by atoms with E-state index in [0.29, 0.717) is 6.42 Å². The summed E-state index contributed by atoms with van der Waals surface area (Å²) in [6.45, 7) is 6.11. The fraction of sp³-hybridized carbons (Fsp3) is 0.562. The van der Waals surface area contributed by atoms with Crippen LogP contribution < -0.4 is 15.5 Å². The molecule has 0 spiro atoms. The van der Waals surface area contributed by atoms with Crippen LogP contribution in [0.15, 0.2) is 18.2 Å². The summed E-state index contributed by atoms with van der Waals surface area (Å²) < 4.78 is 0. The first-order valence-electron chi connectivity index (χ1n) is 7.68. The number of carbonyl (C=O) groups excluding carboxylic acids is 1. The Morgan fingerprint density at radius 2 is 2.10 bits per heavy atom. The summed E-state index contributed by atoms with van der Waals surface area (Å²) in [6.07, 6.45) is 3.21. The van der Waals surface area contributed by atoms with Crippen LogP contribution in [0.25, 0.3) is 0 Å². The molecule has 0 saturated carbocycles. The quantitative estimate of drug-likeness (QED) is 0.781. The molecular formula is C16H25N3O2. The van der Waals surface area contributed by atoms with Gasteiger partial charge in [-0.15, -0.1) is 0 Å².